The largest absolute Gasteiger partial charge is 0.310 e. The van der Waals surface area contributed by atoms with Gasteiger partial charge in [-0.3, -0.25) is 14.5 Å². The van der Waals surface area contributed by atoms with Gasteiger partial charge < -0.3 is 4.57 Å². The topological polar surface area (TPSA) is 55.2 Å². The summed E-state index contributed by atoms with van der Waals surface area (Å²) in [6.07, 6.45) is 2.37. The minimum absolute atomic E-state index is 0.137. The van der Waals surface area contributed by atoms with Gasteiger partial charge in [-0.25, -0.2) is 4.98 Å². The van der Waals surface area contributed by atoms with Crippen LogP contribution < -0.4 is 10.5 Å². The van der Waals surface area contributed by atoms with Gasteiger partial charge in [-0.1, -0.05) is 91.0 Å². The molecule has 5 nitrogen and oxygen atoms in total. The van der Waals surface area contributed by atoms with Gasteiger partial charge in [-0.15, -0.1) is 11.3 Å². The van der Waals surface area contributed by atoms with Crippen LogP contribution in [0.2, 0.25) is 0 Å². The van der Waals surface area contributed by atoms with E-state index in [0.29, 0.717) is 24.6 Å². The Labute approximate surface area is 213 Å². The molecule has 0 aliphatic rings. The first-order valence-electron chi connectivity index (χ1n) is 11.8. The lowest BCUT2D eigenvalue weighted by molar-refractivity contribution is 0.0985. The molecule has 0 radical (unpaired) electrons. The van der Waals surface area contributed by atoms with E-state index in [9.17, 15) is 9.59 Å². The average Bonchev–Trinajstić information content (AvgIpc) is 3.42. The Balaban J connectivity index is 1.47. The predicted octanol–water partition coefficient (Wildman–Crippen LogP) is 5.91. The fourth-order valence-corrected chi connectivity index (χ4v) is 4.91. The van der Waals surface area contributed by atoms with Crippen molar-refractivity contribution in [1.82, 2.24) is 9.55 Å². The van der Waals surface area contributed by atoms with E-state index in [1.165, 1.54) is 11.3 Å². The third-order valence-corrected chi connectivity index (χ3v) is 6.81. The summed E-state index contributed by atoms with van der Waals surface area (Å²) in [6.45, 7) is 0.817. The van der Waals surface area contributed by atoms with Gasteiger partial charge in [0.15, 0.2) is 5.13 Å². The van der Waals surface area contributed by atoms with E-state index in [4.69, 9.17) is 4.98 Å². The van der Waals surface area contributed by atoms with Crippen molar-refractivity contribution in [3.05, 3.63) is 142 Å². The van der Waals surface area contributed by atoms with E-state index >= 15 is 0 Å². The van der Waals surface area contributed by atoms with E-state index in [0.717, 1.165) is 22.4 Å². The Morgan fingerprint density at radius 1 is 0.806 bits per heavy atom. The van der Waals surface area contributed by atoms with Crippen LogP contribution in [0, 0.1) is 0 Å². The Bertz CT molecular complexity index is 1500. The maximum absolute atomic E-state index is 13.8. The molecule has 0 fully saturated rings. The van der Waals surface area contributed by atoms with Gasteiger partial charge in [-0.05, 0) is 29.7 Å². The summed E-state index contributed by atoms with van der Waals surface area (Å²) in [5.74, 6) is -0.340. The Hall–Kier alpha value is -4.29. The molecule has 5 aromatic rings. The van der Waals surface area contributed by atoms with Crippen molar-refractivity contribution in [2.75, 3.05) is 11.4 Å². The summed E-state index contributed by atoms with van der Waals surface area (Å²) in [7, 11) is 0. The Morgan fingerprint density at radius 2 is 1.44 bits per heavy atom. The van der Waals surface area contributed by atoms with E-state index in [1.807, 2.05) is 96.4 Å². The van der Waals surface area contributed by atoms with Gasteiger partial charge >= 0.3 is 0 Å². The number of benzene rings is 3. The Morgan fingerprint density at radius 3 is 2.14 bits per heavy atom. The number of amides is 1. The third kappa shape index (κ3) is 5.34. The highest BCUT2D eigenvalue weighted by Gasteiger charge is 2.24. The summed E-state index contributed by atoms with van der Waals surface area (Å²) in [5.41, 5.74) is 3.74. The van der Waals surface area contributed by atoms with Crippen molar-refractivity contribution in [1.29, 1.82) is 0 Å². The summed E-state index contributed by atoms with van der Waals surface area (Å²) in [5, 5.41) is 2.53. The first kappa shape index (κ1) is 23.5. The number of thiazole rings is 1. The summed E-state index contributed by atoms with van der Waals surface area (Å²) < 4.78 is 1.58. The minimum atomic E-state index is -0.340. The van der Waals surface area contributed by atoms with E-state index in [-0.39, 0.29) is 17.0 Å². The smallest absolute Gasteiger partial charge is 0.265 e. The number of carbonyl (C=O) groups excluding carboxylic acids is 1. The predicted molar refractivity (Wildman–Crippen MR) is 146 cm³/mol. The molecule has 0 saturated carbocycles. The molecule has 1 amide bonds. The van der Waals surface area contributed by atoms with Crippen LogP contribution in [0.1, 0.15) is 21.5 Å². The second-order valence-electron chi connectivity index (χ2n) is 8.41. The highest BCUT2D eigenvalue weighted by molar-refractivity contribution is 7.14. The van der Waals surface area contributed by atoms with E-state index in [1.54, 1.807) is 27.8 Å². The molecule has 0 saturated heterocycles. The Kier molecular flexibility index (Phi) is 7.15. The number of pyridine rings is 1. The van der Waals surface area contributed by atoms with Crippen LogP contribution in [-0.4, -0.2) is 22.0 Å². The lowest BCUT2D eigenvalue weighted by Crippen LogP contribution is -2.38. The molecule has 2 heterocycles. The van der Waals surface area contributed by atoms with Gasteiger partial charge in [0.05, 0.1) is 12.2 Å². The molecular weight excluding hydrogens is 466 g/mol. The first-order chi connectivity index (χ1) is 17.7. The van der Waals surface area contributed by atoms with Crippen molar-refractivity contribution in [2.45, 2.75) is 13.0 Å². The second kappa shape index (κ2) is 11.0. The van der Waals surface area contributed by atoms with Crippen molar-refractivity contribution in [3.8, 4) is 11.3 Å². The zero-order valence-corrected chi connectivity index (χ0v) is 20.5. The number of hydrogen-bond donors (Lipinski definition) is 0. The summed E-state index contributed by atoms with van der Waals surface area (Å²) >= 11 is 1.41. The SMILES string of the molecule is O=C(c1cccn(Cc2ccccc2)c1=O)N(CCc1ccccc1)c1nc(-c2ccccc2)cs1. The number of anilines is 1. The van der Waals surface area contributed by atoms with Crippen LogP contribution in [0.15, 0.2) is 119 Å². The number of carbonyl (C=O) groups is 1. The molecule has 0 atom stereocenters. The van der Waals surface area contributed by atoms with Gasteiger partial charge in [0.25, 0.3) is 11.5 Å². The fraction of sp³-hybridized carbons (Fsp3) is 0.100. The highest BCUT2D eigenvalue weighted by Crippen LogP contribution is 2.28. The van der Waals surface area contributed by atoms with Crippen LogP contribution in [0.3, 0.4) is 0 Å². The van der Waals surface area contributed by atoms with Crippen LogP contribution in [0.4, 0.5) is 5.13 Å². The quantitative estimate of drug-likeness (QED) is 0.271. The average molecular weight is 492 g/mol. The first-order valence-corrected chi connectivity index (χ1v) is 12.7. The number of nitrogens with zero attached hydrogens (tertiary/aromatic N) is 3. The van der Waals surface area contributed by atoms with Gasteiger partial charge in [0.1, 0.15) is 5.56 Å². The fourth-order valence-electron chi connectivity index (χ4n) is 4.05. The molecule has 0 aliphatic heterocycles. The van der Waals surface area contributed by atoms with Crippen molar-refractivity contribution in [2.24, 2.45) is 0 Å². The molecule has 36 heavy (non-hydrogen) atoms. The van der Waals surface area contributed by atoms with Gasteiger partial charge in [0, 0.05) is 23.7 Å². The normalized spacial score (nSPS) is 10.8. The molecule has 6 heteroatoms. The van der Waals surface area contributed by atoms with Crippen LogP contribution in [0.5, 0.6) is 0 Å². The molecule has 0 spiro atoms. The maximum Gasteiger partial charge on any atom is 0.265 e. The highest BCUT2D eigenvalue weighted by atomic mass is 32.1. The molecule has 178 valence electrons. The molecule has 5 rings (SSSR count). The molecule has 3 aromatic carbocycles. The van der Waals surface area contributed by atoms with Crippen molar-refractivity contribution < 1.29 is 4.79 Å². The van der Waals surface area contributed by atoms with E-state index < -0.39 is 0 Å². The maximum atomic E-state index is 13.8. The molecule has 0 aliphatic carbocycles. The van der Waals surface area contributed by atoms with E-state index in [2.05, 4.69) is 0 Å². The van der Waals surface area contributed by atoms with Crippen LogP contribution >= 0.6 is 11.3 Å². The summed E-state index contributed by atoms with van der Waals surface area (Å²) in [6, 6.07) is 33.0. The lowest BCUT2D eigenvalue weighted by atomic mass is 10.1. The van der Waals surface area contributed by atoms with Crippen molar-refractivity contribution >= 4 is 22.4 Å². The van der Waals surface area contributed by atoms with Gasteiger partial charge in [0.2, 0.25) is 0 Å². The zero-order valence-electron chi connectivity index (χ0n) is 19.7. The molecule has 0 N–H and O–H groups in total. The van der Waals surface area contributed by atoms with Gasteiger partial charge in [-0.2, -0.15) is 0 Å². The zero-order chi connectivity index (χ0) is 24.7. The van der Waals surface area contributed by atoms with Crippen LogP contribution in [0.25, 0.3) is 11.3 Å². The monoisotopic (exact) mass is 491 g/mol. The molecular formula is C30H25N3O2S. The lowest BCUT2D eigenvalue weighted by Gasteiger charge is -2.20. The molecule has 2 aromatic heterocycles. The minimum Gasteiger partial charge on any atom is -0.310 e. The third-order valence-electron chi connectivity index (χ3n) is 5.95. The van der Waals surface area contributed by atoms with Crippen LogP contribution in [-0.2, 0) is 13.0 Å². The molecule has 0 unspecified atom stereocenters. The number of aromatic nitrogens is 2. The number of hydrogen-bond acceptors (Lipinski definition) is 4. The molecule has 0 bridgehead atoms. The summed E-state index contributed by atoms with van der Waals surface area (Å²) in [4.78, 5) is 33.6. The number of rotatable bonds is 8. The second-order valence-corrected chi connectivity index (χ2v) is 9.25. The van der Waals surface area contributed by atoms with Crippen molar-refractivity contribution in [3.63, 3.8) is 0 Å². The standard InChI is InChI=1S/C30H25N3O2S/c34-28-26(17-10-19-32(28)21-24-13-6-2-7-14-24)29(35)33(20-18-23-11-4-1-5-12-23)30-31-27(22-36-30)25-15-8-3-9-16-25/h1-17,19,22H,18,20-21H2.